The first-order valence-electron chi connectivity index (χ1n) is 5.01. The molecule has 14 heavy (non-hydrogen) atoms. The Hall–Kier alpha value is -0.340. The van der Waals surface area contributed by atoms with Crippen LogP contribution in [0.1, 0.15) is 25.8 Å². The lowest BCUT2D eigenvalue weighted by Gasteiger charge is -2.13. The van der Waals surface area contributed by atoms with E-state index in [0.717, 1.165) is 17.3 Å². The molecule has 0 saturated carbocycles. The number of halogens is 1. The molecule has 0 heterocycles. The normalized spacial score (nSPS) is 13.2. The monoisotopic (exact) mass is 256 g/mol. The van der Waals surface area contributed by atoms with E-state index >= 15 is 0 Å². The maximum absolute atomic E-state index is 9.78. The van der Waals surface area contributed by atoms with Gasteiger partial charge in [0.25, 0.3) is 0 Å². The van der Waals surface area contributed by atoms with Crippen LogP contribution in [0.2, 0.25) is 0 Å². The fourth-order valence-corrected chi connectivity index (χ4v) is 1.99. The van der Waals surface area contributed by atoms with Crippen LogP contribution in [-0.4, -0.2) is 11.2 Å². The first kappa shape index (κ1) is 11.7. The Balaban J connectivity index is 2.56. The summed E-state index contributed by atoms with van der Waals surface area (Å²) in [6, 6.07) is 8.05. The van der Waals surface area contributed by atoms with Crippen LogP contribution >= 0.6 is 15.9 Å². The van der Waals surface area contributed by atoms with Crippen LogP contribution in [0.4, 0.5) is 0 Å². The van der Waals surface area contributed by atoms with E-state index < -0.39 is 0 Å². The highest BCUT2D eigenvalue weighted by Crippen LogP contribution is 2.19. The van der Waals surface area contributed by atoms with Gasteiger partial charge >= 0.3 is 0 Å². The minimum Gasteiger partial charge on any atom is -0.393 e. The minimum atomic E-state index is -0.228. The molecule has 0 spiro atoms. The summed E-state index contributed by atoms with van der Waals surface area (Å²) >= 11 is 3.48. The number of rotatable bonds is 4. The second-order valence-corrected chi connectivity index (χ2v) is 4.93. The molecule has 0 saturated heterocycles. The second-order valence-electron chi connectivity index (χ2n) is 4.08. The van der Waals surface area contributed by atoms with Gasteiger partial charge in [-0.15, -0.1) is 0 Å². The summed E-state index contributed by atoms with van der Waals surface area (Å²) < 4.78 is 1.09. The van der Waals surface area contributed by atoms with Crippen LogP contribution in [0, 0.1) is 5.92 Å². The highest BCUT2D eigenvalue weighted by atomic mass is 79.9. The van der Waals surface area contributed by atoms with Crippen molar-refractivity contribution in [2.75, 3.05) is 0 Å². The highest BCUT2D eigenvalue weighted by Gasteiger charge is 2.09. The number of aliphatic hydroxyl groups excluding tert-OH is 1. The van der Waals surface area contributed by atoms with Crippen LogP contribution in [0.15, 0.2) is 28.7 Å². The maximum Gasteiger partial charge on any atom is 0.0583 e. The molecule has 0 radical (unpaired) electrons. The molecule has 0 amide bonds. The maximum atomic E-state index is 9.78. The van der Waals surface area contributed by atoms with E-state index in [1.807, 2.05) is 24.3 Å². The van der Waals surface area contributed by atoms with Crippen molar-refractivity contribution in [1.29, 1.82) is 0 Å². The molecule has 0 aromatic heterocycles. The van der Waals surface area contributed by atoms with Crippen molar-refractivity contribution >= 4 is 15.9 Å². The first-order chi connectivity index (χ1) is 6.59. The van der Waals surface area contributed by atoms with Gasteiger partial charge in [-0.25, -0.2) is 0 Å². The second kappa shape index (κ2) is 5.52. The number of aliphatic hydroxyl groups is 1. The average molecular weight is 257 g/mol. The van der Waals surface area contributed by atoms with Gasteiger partial charge in [0.1, 0.15) is 0 Å². The largest absolute Gasteiger partial charge is 0.393 e. The Morgan fingerprint density at radius 3 is 2.50 bits per heavy atom. The quantitative estimate of drug-likeness (QED) is 0.876. The molecule has 1 unspecified atom stereocenters. The Morgan fingerprint density at radius 2 is 1.93 bits per heavy atom. The van der Waals surface area contributed by atoms with E-state index in [4.69, 9.17) is 0 Å². The fraction of sp³-hybridized carbons (Fsp3) is 0.500. The zero-order chi connectivity index (χ0) is 10.6. The van der Waals surface area contributed by atoms with Crippen LogP contribution in [0.5, 0.6) is 0 Å². The number of hydrogen-bond acceptors (Lipinski definition) is 1. The van der Waals surface area contributed by atoms with Gasteiger partial charge in [-0.3, -0.25) is 0 Å². The van der Waals surface area contributed by atoms with Gasteiger partial charge in [0, 0.05) is 4.47 Å². The summed E-state index contributed by atoms with van der Waals surface area (Å²) in [7, 11) is 0. The van der Waals surface area contributed by atoms with E-state index in [9.17, 15) is 5.11 Å². The molecule has 1 atom stereocenters. The van der Waals surface area contributed by atoms with Crippen molar-refractivity contribution in [3.8, 4) is 0 Å². The van der Waals surface area contributed by atoms with Crippen LogP contribution in [-0.2, 0) is 6.42 Å². The molecule has 0 bridgehead atoms. The molecular weight excluding hydrogens is 240 g/mol. The lowest BCUT2D eigenvalue weighted by Crippen LogP contribution is -2.13. The topological polar surface area (TPSA) is 20.2 Å². The predicted molar refractivity (Wildman–Crippen MR) is 63.3 cm³/mol. The van der Waals surface area contributed by atoms with Gasteiger partial charge in [-0.05, 0) is 30.4 Å². The SMILES string of the molecule is CC(C)CC(O)Cc1ccccc1Br. The van der Waals surface area contributed by atoms with Gasteiger partial charge < -0.3 is 5.11 Å². The molecule has 0 aliphatic carbocycles. The van der Waals surface area contributed by atoms with E-state index in [-0.39, 0.29) is 6.10 Å². The molecule has 1 rings (SSSR count). The van der Waals surface area contributed by atoms with E-state index in [0.29, 0.717) is 5.92 Å². The number of hydrogen-bond donors (Lipinski definition) is 1. The van der Waals surface area contributed by atoms with Crippen molar-refractivity contribution in [3.63, 3.8) is 0 Å². The van der Waals surface area contributed by atoms with Gasteiger partial charge in [-0.2, -0.15) is 0 Å². The Bertz CT molecular complexity index is 283. The van der Waals surface area contributed by atoms with Crippen molar-refractivity contribution < 1.29 is 5.11 Å². The lowest BCUT2D eigenvalue weighted by atomic mass is 10.00. The Kier molecular flexibility index (Phi) is 4.63. The van der Waals surface area contributed by atoms with Gasteiger partial charge in [0.05, 0.1) is 6.10 Å². The number of benzene rings is 1. The fourth-order valence-electron chi connectivity index (χ4n) is 1.55. The van der Waals surface area contributed by atoms with Gasteiger partial charge in [0.15, 0.2) is 0 Å². The molecule has 1 aromatic carbocycles. The Morgan fingerprint density at radius 1 is 1.29 bits per heavy atom. The zero-order valence-electron chi connectivity index (χ0n) is 8.70. The van der Waals surface area contributed by atoms with E-state index in [1.165, 1.54) is 5.56 Å². The molecule has 1 nitrogen and oxygen atoms in total. The first-order valence-corrected chi connectivity index (χ1v) is 5.80. The Labute approximate surface area is 94.3 Å². The molecule has 1 N–H and O–H groups in total. The molecule has 2 heteroatoms. The lowest BCUT2D eigenvalue weighted by molar-refractivity contribution is 0.149. The van der Waals surface area contributed by atoms with Crippen LogP contribution in [0.25, 0.3) is 0 Å². The smallest absolute Gasteiger partial charge is 0.0583 e. The van der Waals surface area contributed by atoms with Crippen molar-refractivity contribution in [2.45, 2.75) is 32.8 Å². The summed E-state index contributed by atoms with van der Waals surface area (Å²) in [4.78, 5) is 0. The van der Waals surface area contributed by atoms with Crippen LogP contribution in [0.3, 0.4) is 0 Å². The molecule has 0 aliphatic rings. The summed E-state index contributed by atoms with van der Waals surface area (Å²) in [5, 5.41) is 9.78. The third-order valence-corrected chi connectivity index (χ3v) is 2.93. The van der Waals surface area contributed by atoms with Gasteiger partial charge in [0.2, 0.25) is 0 Å². The van der Waals surface area contributed by atoms with Crippen molar-refractivity contribution in [2.24, 2.45) is 5.92 Å². The molecule has 78 valence electrons. The summed E-state index contributed by atoms with van der Waals surface area (Å²) in [5.41, 5.74) is 1.18. The van der Waals surface area contributed by atoms with E-state index in [1.54, 1.807) is 0 Å². The summed E-state index contributed by atoms with van der Waals surface area (Å²) in [6.07, 6.45) is 1.37. The highest BCUT2D eigenvalue weighted by molar-refractivity contribution is 9.10. The summed E-state index contributed by atoms with van der Waals surface area (Å²) in [6.45, 7) is 4.26. The average Bonchev–Trinajstić information content (AvgIpc) is 2.07. The molecule has 0 aliphatic heterocycles. The molecule has 0 fully saturated rings. The predicted octanol–water partition coefficient (Wildman–Crippen LogP) is 3.40. The molecule has 1 aromatic rings. The van der Waals surface area contributed by atoms with E-state index in [2.05, 4.69) is 29.8 Å². The third-order valence-electron chi connectivity index (χ3n) is 2.16. The van der Waals surface area contributed by atoms with Crippen LogP contribution < -0.4 is 0 Å². The third kappa shape index (κ3) is 3.81. The standard InChI is InChI=1S/C12H17BrO/c1-9(2)7-11(14)8-10-5-3-4-6-12(10)13/h3-6,9,11,14H,7-8H2,1-2H3. The van der Waals surface area contributed by atoms with Gasteiger partial charge in [-0.1, -0.05) is 48.0 Å². The van der Waals surface area contributed by atoms with Crippen molar-refractivity contribution in [3.05, 3.63) is 34.3 Å². The summed E-state index contributed by atoms with van der Waals surface area (Å²) in [5.74, 6) is 0.549. The zero-order valence-corrected chi connectivity index (χ0v) is 10.3. The van der Waals surface area contributed by atoms with Crippen molar-refractivity contribution in [1.82, 2.24) is 0 Å². The molecular formula is C12H17BrO. The minimum absolute atomic E-state index is 0.228.